The number of halogens is 4. The van der Waals surface area contributed by atoms with Crippen molar-refractivity contribution >= 4 is 17.7 Å². The van der Waals surface area contributed by atoms with Crippen molar-refractivity contribution in [2.75, 3.05) is 19.8 Å². The van der Waals surface area contributed by atoms with Crippen molar-refractivity contribution in [1.29, 1.82) is 0 Å². The van der Waals surface area contributed by atoms with E-state index in [1.807, 2.05) is 6.92 Å². The van der Waals surface area contributed by atoms with Crippen molar-refractivity contribution in [3.8, 4) is 0 Å². The van der Waals surface area contributed by atoms with Gasteiger partial charge in [0.1, 0.15) is 11.9 Å². The number of nitrogens with one attached hydrogen (secondary N) is 1. The molecule has 1 unspecified atom stereocenters. The molecule has 2 aliphatic heterocycles. The van der Waals surface area contributed by atoms with Crippen LogP contribution in [-0.4, -0.2) is 48.4 Å². The summed E-state index contributed by atoms with van der Waals surface area (Å²) in [6.07, 6.45) is -2.36. The van der Waals surface area contributed by atoms with Crippen LogP contribution in [0.15, 0.2) is 42.5 Å². The van der Waals surface area contributed by atoms with Gasteiger partial charge in [0.2, 0.25) is 11.8 Å². The summed E-state index contributed by atoms with van der Waals surface area (Å²) in [4.78, 5) is 40.8. The number of hydrogen-bond acceptors (Lipinski definition) is 4. The third-order valence-electron chi connectivity index (χ3n) is 8.51. The predicted octanol–water partition coefficient (Wildman–Crippen LogP) is 4.11. The molecule has 2 aromatic carbocycles. The quantitative estimate of drug-likeness (QED) is 0.474. The molecule has 3 amide bonds. The molecule has 0 bridgehead atoms. The zero-order valence-electron chi connectivity index (χ0n) is 22.0. The second-order valence-corrected chi connectivity index (χ2v) is 11.0. The van der Waals surface area contributed by atoms with Gasteiger partial charge in [0.05, 0.1) is 30.2 Å². The van der Waals surface area contributed by atoms with Gasteiger partial charge in [-0.2, -0.15) is 13.2 Å². The second kappa shape index (κ2) is 10.5. The van der Waals surface area contributed by atoms with E-state index < -0.39 is 46.9 Å². The largest absolute Gasteiger partial charge is 0.416 e. The van der Waals surface area contributed by atoms with Crippen LogP contribution >= 0.6 is 0 Å². The molecule has 11 heteroatoms. The van der Waals surface area contributed by atoms with Crippen molar-refractivity contribution in [2.24, 2.45) is 17.6 Å². The van der Waals surface area contributed by atoms with E-state index in [0.717, 1.165) is 18.6 Å². The number of hydrogen-bond donors (Lipinski definition) is 2. The summed E-state index contributed by atoms with van der Waals surface area (Å²) >= 11 is 0. The van der Waals surface area contributed by atoms with Crippen LogP contribution in [-0.2, 0) is 25.9 Å². The molecule has 3 fully saturated rings. The molecule has 0 spiro atoms. The Morgan fingerprint density at radius 2 is 1.88 bits per heavy atom. The van der Waals surface area contributed by atoms with Gasteiger partial charge < -0.3 is 20.7 Å². The number of nitrogens with two attached hydrogens (primary N) is 1. The van der Waals surface area contributed by atoms with Gasteiger partial charge in [0.15, 0.2) is 0 Å². The Morgan fingerprint density at radius 3 is 2.42 bits per heavy atom. The van der Waals surface area contributed by atoms with Crippen LogP contribution in [0.3, 0.4) is 0 Å². The number of ether oxygens (including phenoxy) is 1. The predicted molar refractivity (Wildman–Crippen MR) is 136 cm³/mol. The first-order valence-electron chi connectivity index (χ1n) is 13.4. The zero-order valence-corrected chi connectivity index (χ0v) is 22.0. The second-order valence-electron chi connectivity index (χ2n) is 11.0. The number of nitrogens with zero attached hydrogens (tertiary/aromatic N) is 1. The summed E-state index contributed by atoms with van der Waals surface area (Å²) in [5.41, 5.74) is 4.66. The van der Waals surface area contributed by atoms with Gasteiger partial charge in [-0.25, -0.2) is 4.39 Å². The van der Waals surface area contributed by atoms with Crippen LogP contribution < -0.4 is 11.1 Å². The average molecular weight is 562 g/mol. The molecular formula is C29H31F4N3O4. The van der Waals surface area contributed by atoms with Crippen LogP contribution in [0.1, 0.15) is 65.7 Å². The first kappa shape index (κ1) is 28.1. The van der Waals surface area contributed by atoms with Crippen molar-refractivity contribution in [3.05, 3.63) is 70.5 Å². The van der Waals surface area contributed by atoms with Crippen LogP contribution in [0.4, 0.5) is 17.6 Å². The van der Waals surface area contributed by atoms with Gasteiger partial charge >= 0.3 is 6.18 Å². The number of primary amides is 1. The van der Waals surface area contributed by atoms with Crippen molar-refractivity contribution in [1.82, 2.24) is 10.2 Å². The summed E-state index contributed by atoms with van der Waals surface area (Å²) in [5, 5.41) is 2.82. The Kier molecular flexibility index (Phi) is 7.37. The molecule has 3 atom stereocenters. The van der Waals surface area contributed by atoms with E-state index in [9.17, 15) is 31.9 Å². The Hall–Kier alpha value is -3.47. The number of alkyl halides is 3. The van der Waals surface area contributed by atoms with Crippen molar-refractivity contribution in [3.63, 3.8) is 0 Å². The van der Waals surface area contributed by atoms with Crippen LogP contribution in [0.25, 0.3) is 0 Å². The zero-order chi connectivity index (χ0) is 28.8. The topological polar surface area (TPSA) is 102 Å². The number of benzene rings is 2. The number of rotatable bonds is 8. The lowest BCUT2D eigenvalue weighted by molar-refractivity contribution is -0.138. The molecule has 1 saturated carbocycles. The fourth-order valence-electron chi connectivity index (χ4n) is 5.71. The number of carbonyl (C=O) groups is 3. The summed E-state index contributed by atoms with van der Waals surface area (Å²) in [7, 11) is 0. The number of likely N-dealkylation sites (tertiary alicyclic amines) is 1. The van der Waals surface area contributed by atoms with E-state index in [1.165, 1.54) is 4.90 Å². The Labute approximate surface area is 229 Å². The molecule has 1 aliphatic carbocycles. The fraction of sp³-hybridized carbons (Fsp3) is 0.483. The molecule has 5 rings (SSSR count). The van der Waals surface area contributed by atoms with Gasteiger partial charge in [-0.15, -0.1) is 0 Å². The van der Waals surface area contributed by atoms with Gasteiger partial charge in [-0.1, -0.05) is 31.5 Å². The normalized spacial score (nSPS) is 22.9. The van der Waals surface area contributed by atoms with E-state index in [4.69, 9.17) is 10.5 Å². The molecule has 7 nitrogen and oxygen atoms in total. The molecule has 2 heterocycles. The van der Waals surface area contributed by atoms with E-state index >= 15 is 0 Å². The maximum absolute atomic E-state index is 14.9. The van der Waals surface area contributed by atoms with Crippen LogP contribution in [0.2, 0.25) is 0 Å². The molecular weight excluding hydrogens is 530 g/mol. The SMILES string of the molecule is CC[C@@H]1C[C@H](C(=O)NC(c2ccc(C(F)(F)F)cc2F)C2COC2)N(C(=O)c2cccc(C3(C(N)=O)CC3)c2)C1. The van der Waals surface area contributed by atoms with E-state index in [0.29, 0.717) is 43.0 Å². The number of amides is 3. The summed E-state index contributed by atoms with van der Waals surface area (Å²) in [6, 6.07) is 7.23. The molecule has 2 aromatic rings. The maximum atomic E-state index is 14.9. The molecule has 214 valence electrons. The molecule has 0 radical (unpaired) electrons. The highest BCUT2D eigenvalue weighted by atomic mass is 19.4. The van der Waals surface area contributed by atoms with Crippen molar-refractivity contribution in [2.45, 2.75) is 56.3 Å². The minimum Gasteiger partial charge on any atom is -0.381 e. The number of carbonyl (C=O) groups excluding carboxylic acids is 3. The average Bonchev–Trinajstić information content (AvgIpc) is 3.59. The van der Waals surface area contributed by atoms with Gasteiger partial charge in [0.25, 0.3) is 5.91 Å². The van der Waals surface area contributed by atoms with Gasteiger partial charge in [-0.3, -0.25) is 14.4 Å². The third kappa shape index (κ3) is 5.18. The highest BCUT2D eigenvalue weighted by molar-refractivity contribution is 5.99. The Bertz CT molecular complexity index is 1320. The first-order valence-corrected chi connectivity index (χ1v) is 13.4. The summed E-state index contributed by atoms with van der Waals surface area (Å²) in [6.45, 7) is 2.73. The van der Waals surface area contributed by atoms with Crippen molar-refractivity contribution < 1.29 is 36.7 Å². The molecule has 3 aliphatic rings. The highest BCUT2D eigenvalue weighted by Crippen LogP contribution is 2.48. The molecule has 2 saturated heterocycles. The maximum Gasteiger partial charge on any atom is 0.416 e. The minimum atomic E-state index is -4.70. The minimum absolute atomic E-state index is 0.0524. The lowest BCUT2D eigenvalue weighted by Gasteiger charge is -2.36. The molecule has 0 aromatic heterocycles. The van der Waals surface area contributed by atoms with Crippen LogP contribution in [0.5, 0.6) is 0 Å². The monoisotopic (exact) mass is 561 g/mol. The molecule has 3 N–H and O–H groups in total. The van der Waals surface area contributed by atoms with E-state index in [1.54, 1.807) is 24.3 Å². The first-order chi connectivity index (χ1) is 18.9. The smallest absolute Gasteiger partial charge is 0.381 e. The highest BCUT2D eigenvalue weighted by Gasteiger charge is 2.50. The van der Waals surface area contributed by atoms with E-state index in [-0.39, 0.29) is 36.5 Å². The van der Waals surface area contributed by atoms with Crippen LogP contribution in [0, 0.1) is 17.7 Å². The standard InChI is InChI=1S/C29H31F4N3O4/c1-2-16-10-23(36(13-16)26(38)17-4-3-5-19(11-17)28(8-9-28)27(34)39)25(37)35-24(18-14-40-15-18)21-7-6-20(12-22(21)30)29(31,32)33/h3-7,11-12,16,18,23-24H,2,8-10,13-15H2,1H3,(H2,34,39)(H,35,37)/t16-,23-,24?/m1/s1. The third-order valence-corrected chi connectivity index (χ3v) is 8.51. The Morgan fingerprint density at radius 1 is 1.15 bits per heavy atom. The van der Waals surface area contributed by atoms with E-state index in [2.05, 4.69) is 5.32 Å². The lowest BCUT2D eigenvalue weighted by Crippen LogP contribution is -2.50. The summed E-state index contributed by atoms with van der Waals surface area (Å²) < 4.78 is 59.4. The lowest BCUT2D eigenvalue weighted by atomic mass is 9.90. The fourth-order valence-corrected chi connectivity index (χ4v) is 5.71. The van der Waals surface area contributed by atoms with Gasteiger partial charge in [0, 0.05) is 23.6 Å². The Balaban J connectivity index is 1.39. The molecule has 40 heavy (non-hydrogen) atoms. The summed E-state index contributed by atoms with van der Waals surface area (Å²) in [5.74, 6) is -2.67. The van der Waals surface area contributed by atoms with Gasteiger partial charge in [-0.05, 0) is 55.0 Å².